The monoisotopic (exact) mass is 342 g/mol. The predicted molar refractivity (Wildman–Crippen MR) is 88.2 cm³/mol. The minimum absolute atomic E-state index is 0.0505. The molecule has 0 aromatic carbocycles. The third kappa shape index (κ3) is 4.46. The van der Waals surface area contributed by atoms with E-state index in [0.717, 1.165) is 38.8 Å². The first kappa shape index (κ1) is 19.1. The van der Waals surface area contributed by atoms with Gasteiger partial charge in [0.1, 0.15) is 18.3 Å². The molecule has 0 bridgehead atoms. The number of hydrogen-bond acceptors (Lipinski definition) is 5. The summed E-state index contributed by atoms with van der Waals surface area (Å²) in [5.41, 5.74) is 0. The number of amides is 2. The van der Waals surface area contributed by atoms with Crippen LogP contribution in [0.5, 0.6) is 0 Å². The van der Waals surface area contributed by atoms with E-state index >= 15 is 0 Å². The molecule has 2 rings (SSSR count). The molecular weight excluding hydrogens is 312 g/mol. The lowest BCUT2D eigenvalue weighted by Gasteiger charge is -2.20. The first-order valence-corrected chi connectivity index (χ1v) is 9.05. The van der Waals surface area contributed by atoms with Gasteiger partial charge in [-0.3, -0.25) is 9.59 Å². The smallest absolute Gasteiger partial charge is 0.225 e. The zero-order valence-corrected chi connectivity index (χ0v) is 14.6. The number of carbonyl (C=O) groups excluding carboxylic acids is 2. The summed E-state index contributed by atoms with van der Waals surface area (Å²) in [5.74, 6) is -0.173. The highest BCUT2D eigenvalue weighted by Crippen LogP contribution is 2.25. The molecular formula is C17H30N2O5. The Morgan fingerprint density at radius 3 is 2.29 bits per heavy atom. The Bertz CT molecular complexity index is 435. The van der Waals surface area contributed by atoms with Gasteiger partial charge in [-0.25, -0.2) is 0 Å². The Kier molecular flexibility index (Phi) is 7.01. The third-order valence-corrected chi connectivity index (χ3v) is 5.13. The Balaban J connectivity index is 1.83. The van der Waals surface area contributed by atoms with Gasteiger partial charge in [0.25, 0.3) is 0 Å². The van der Waals surface area contributed by atoms with E-state index in [-0.39, 0.29) is 30.7 Å². The highest BCUT2D eigenvalue weighted by molar-refractivity contribution is 5.78. The topological polar surface area (TPSA) is 99.1 Å². The molecule has 7 nitrogen and oxygen atoms in total. The second-order valence-corrected chi connectivity index (χ2v) is 6.74. The Morgan fingerprint density at radius 2 is 1.71 bits per heavy atom. The summed E-state index contributed by atoms with van der Waals surface area (Å²) in [7, 11) is 0. The predicted octanol–water partition coefficient (Wildman–Crippen LogP) is 0.0405. The van der Waals surface area contributed by atoms with Crippen molar-refractivity contribution >= 4 is 11.8 Å². The SMILES string of the molecule is CCC(CC)C(=O)NCC1OC(CC(=O)N2CCCC2)C(O)C1O. The molecule has 0 aromatic heterocycles. The number of rotatable bonds is 7. The molecule has 3 N–H and O–H groups in total. The van der Waals surface area contributed by atoms with Crippen LogP contribution >= 0.6 is 0 Å². The molecule has 2 aliphatic rings. The van der Waals surface area contributed by atoms with E-state index in [1.165, 1.54) is 0 Å². The first-order chi connectivity index (χ1) is 11.5. The van der Waals surface area contributed by atoms with Crippen molar-refractivity contribution in [1.82, 2.24) is 10.2 Å². The standard InChI is InChI=1S/C17H30N2O5/c1-3-11(4-2)17(23)18-10-13-16(22)15(21)12(24-13)9-14(20)19-7-5-6-8-19/h11-13,15-16,21-22H,3-10H2,1-2H3,(H,18,23). The summed E-state index contributed by atoms with van der Waals surface area (Å²) >= 11 is 0. The maximum atomic E-state index is 12.2. The molecule has 2 heterocycles. The largest absolute Gasteiger partial charge is 0.388 e. The summed E-state index contributed by atoms with van der Waals surface area (Å²) in [6.07, 6.45) is -0.0131. The number of hydrogen-bond donors (Lipinski definition) is 3. The summed E-state index contributed by atoms with van der Waals surface area (Å²) in [5, 5.41) is 23.0. The number of aliphatic hydroxyl groups is 2. The average Bonchev–Trinajstić information content (AvgIpc) is 3.19. The van der Waals surface area contributed by atoms with E-state index in [1.807, 2.05) is 13.8 Å². The number of nitrogens with zero attached hydrogens (tertiary/aromatic N) is 1. The van der Waals surface area contributed by atoms with Crippen LogP contribution in [0.2, 0.25) is 0 Å². The van der Waals surface area contributed by atoms with E-state index in [2.05, 4.69) is 5.32 Å². The van der Waals surface area contributed by atoms with E-state index in [4.69, 9.17) is 4.74 Å². The van der Waals surface area contributed by atoms with Crippen LogP contribution in [0, 0.1) is 5.92 Å². The summed E-state index contributed by atoms with van der Waals surface area (Å²) < 4.78 is 5.65. The summed E-state index contributed by atoms with van der Waals surface area (Å²) in [6, 6.07) is 0. The van der Waals surface area contributed by atoms with E-state index in [9.17, 15) is 19.8 Å². The lowest BCUT2D eigenvalue weighted by Crippen LogP contribution is -2.41. The molecule has 0 saturated carbocycles. The van der Waals surface area contributed by atoms with Crippen molar-refractivity contribution in [2.24, 2.45) is 5.92 Å². The van der Waals surface area contributed by atoms with E-state index < -0.39 is 24.4 Å². The molecule has 138 valence electrons. The molecule has 2 saturated heterocycles. The molecule has 4 unspecified atom stereocenters. The van der Waals surface area contributed by atoms with Gasteiger partial charge in [0.15, 0.2) is 0 Å². The molecule has 0 aromatic rings. The molecule has 2 amide bonds. The van der Waals surface area contributed by atoms with Crippen LogP contribution < -0.4 is 5.32 Å². The Labute approximate surface area is 143 Å². The van der Waals surface area contributed by atoms with Crippen molar-refractivity contribution in [2.75, 3.05) is 19.6 Å². The molecule has 0 radical (unpaired) electrons. The van der Waals surface area contributed by atoms with Crippen LogP contribution in [-0.2, 0) is 14.3 Å². The first-order valence-electron chi connectivity index (χ1n) is 9.05. The van der Waals surface area contributed by atoms with Crippen molar-refractivity contribution < 1.29 is 24.5 Å². The van der Waals surface area contributed by atoms with Crippen molar-refractivity contribution in [3.63, 3.8) is 0 Å². The van der Waals surface area contributed by atoms with Crippen LogP contribution in [0.1, 0.15) is 46.0 Å². The molecule has 4 atom stereocenters. The Hall–Kier alpha value is -1.18. The molecule has 24 heavy (non-hydrogen) atoms. The van der Waals surface area contributed by atoms with Gasteiger partial charge in [-0.05, 0) is 25.7 Å². The number of carbonyl (C=O) groups is 2. The number of ether oxygens (including phenoxy) is 1. The fourth-order valence-corrected chi connectivity index (χ4v) is 3.44. The van der Waals surface area contributed by atoms with Crippen molar-refractivity contribution in [2.45, 2.75) is 70.4 Å². The van der Waals surface area contributed by atoms with Crippen molar-refractivity contribution in [3.8, 4) is 0 Å². The second-order valence-electron chi connectivity index (χ2n) is 6.74. The molecule has 7 heteroatoms. The number of nitrogens with one attached hydrogen (secondary N) is 1. The quantitative estimate of drug-likeness (QED) is 0.607. The second kappa shape index (κ2) is 8.78. The maximum Gasteiger partial charge on any atom is 0.225 e. The highest BCUT2D eigenvalue weighted by Gasteiger charge is 2.44. The molecule has 2 aliphatic heterocycles. The minimum Gasteiger partial charge on any atom is -0.388 e. The maximum absolute atomic E-state index is 12.2. The van der Waals surface area contributed by atoms with Crippen LogP contribution in [-0.4, -0.2) is 71.0 Å². The average molecular weight is 342 g/mol. The van der Waals surface area contributed by atoms with Crippen LogP contribution in [0.15, 0.2) is 0 Å². The number of likely N-dealkylation sites (tertiary alicyclic amines) is 1. The van der Waals surface area contributed by atoms with Gasteiger partial charge >= 0.3 is 0 Å². The molecule has 2 fully saturated rings. The van der Waals surface area contributed by atoms with Gasteiger partial charge in [0.2, 0.25) is 11.8 Å². The van der Waals surface area contributed by atoms with Crippen molar-refractivity contribution in [1.29, 1.82) is 0 Å². The molecule has 0 spiro atoms. The zero-order chi connectivity index (χ0) is 17.7. The minimum atomic E-state index is -1.10. The van der Waals surface area contributed by atoms with Crippen molar-refractivity contribution in [3.05, 3.63) is 0 Å². The van der Waals surface area contributed by atoms with Gasteiger partial charge in [-0.2, -0.15) is 0 Å². The van der Waals surface area contributed by atoms with E-state index in [0.29, 0.717) is 0 Å². The van der Waals surface area contributed by atoms with Crippen LogP contribution in [0.4, 0.5) is 0 Å². The Morgan fingerprint density at radius 1 is 1.12 bits per heavy atom. The normalized spacial score (nSPS) is 30.1. The number of aliphatic hydroxyl groups excluding tert-OH is 2. The van der Waals surface area contributed by atoms with Gasteiger partial charge in [-0.15, -0.1) is 0 Å². The van der Waals surface area contributed by atoms with E-state index in [1.54, 1.807) is 4.90 Å². The fraction of sp³-hybridized carbons (Fsp3) is 0.882. The lowest BCUT2D eigenvalue weighted by atomic mass is 10.0. The van der Waals surface area contributed by atoms with Gasteiger partial charge in [0.05, 0.1) is 12.5 Å². The zero-order valence-electron chi connectivity index (χ0n) is 14.6. The summed E-state index contributed by atoms with van der Waals surface area (Å²) in [4.78, 5) is 26.0. The van der Waals surface area contributed by atoms with Crippen LogP contribution in [0.25, 0.3) is 0 Å². The highest BCUT2D eigenvalue weighted by atomic mass is 16.5. The molecule has 0 aliphatic carbocycles. The van der Waals surface area contributed by atoms with Gasteiger partial charge in [-0.1, -0.05) is 13.8 Å². The third-order valence-electron chi connectivity index (χ3n) is 5.13. The fourth-order valence-electron chi connectivity index (χ4n) is 3.44. The van der Waals surface area contributed by atoms with Gasteiger partial charge < -0.3 is 25.2 Å². The van der Waals surface area contributed by atoms with Gasteiger partial charge in [0, 0.05) is 25.6 Å². The summed E-state index contributed by atoms with van der Waals surface area (Å²) in [6.45, 7) is 5.55. The van der Waals surface area contributed by atoms with Crippen LogP contribution in [0.3, 0.4) is 0 Å². The lowest BCUT2D eigenvalue weighted by molar-refractivity contribution is -0.134.